The molecular formula is C22H18N2O. The molecule has 25 heavy (non-hydrogen) atoms. The van der Waals surface area contributed by atoms with E-state index in [9.17, 15) is 4.79 Å². The first-order chi connectivity index (χ1) is 12.2. The van der Waals surface area contributed by atoms with Gasteiger partial charge in [-0.2, -0.15) is 0 Å². The van der Waals surface area contributed by atoms with Crippen molar-refractivity contribution in [1.29, 1.82) is 0 Å². The van der Waals surface area contributed by atoms with Crippen molar-refractivity contribution in [2.45, 2.75) is 5.54 Å². The summed E-state index contributed by atoms with van der Waals surface area (Å²) in [4.78, 5) is 20.1. The van der Waals surface area contributed by atoms with Crippen LogP contribution in [0.5, 0.6) is 0 Å². The Balaban J connectivity index is 1.99. The molecular weight excluding hydrogens is 308 g/mol. The summed E-state index contributed by atoms with van der Waals surface area (Å²) in [6, 6.07) is 29.4. The monoisotopic (exact) mass is 326 g/mol. The topological polar surface area (TPSA) is 32.7 Å². The van der Waals surface area contributed by atoms with Crippen molar-refractivity contribution in [1.82, 2.24) is 4.90 Å². The Morgan fingerprint density at radius 2 is 1.16 bits per heavy atom. The summed E-state index contributed by atoms with van der Waals surface area (Å²) < 4.78 is 0. The molecule has 3 nitrogen and oxygen atoms in total. The first-order valence-corrected chi connectivity index (χ1v) is 8.28. The summed E-state index contributed by atoms with van der Waals surface area (Å²) in [5.74, 6) is 0.655. The number of hydrogen-bond acceptors (Lipinski definition) is 2. The molecule has 0 aliphatic carbocycles. The molecule has 0 saturated heterocycles. The Morgan fingerprint density at radius 3 is 1.64 bits per heavy atom. The Bertz CT molecular complexity index is 879. The summed E-state index contributed by atoms with van der Waals surface area (Å²) in [6.45, 7) is 0. The van der Waals surface area contributed by atoms with E-state index in [1.54, 1.807) is 11.9 Å². The van der Waals surface area contributed by atoms with Gasteiger partial charge in [0.1, 0.15) is 5.84 Å². The van der Waals surface area contributed by atoms with Crippen LogP contribution in [0, 0.1) is 0 Å². The average molecular weight is 326 g/mol. The molecule has 1 heterocycles. The van der Waals surface area contributed by atoms with Crippen LogP contribution in [0.1, 0.15) is 16.7 Å². The van der Waals surface area contributed by atoms with Gasteiger partial charge in [0.25, 0.3) is 5.91 Å². The van der Waals surface area contributed by atoms with Crippen LogP contribution >= 0.6 is 0 Å². The fourth-order valence-electron chi connectivity index (χ4n) is 3.37. The zero-order valence-corrected chi connectivity index (χ0v) is 14.0. The summed E-state index contributed by atoms with van der Waals surface area (Å²) in [5, 5.41) is 0. The molecule has 0 aromatic heterocycles. The largest absolute Gasteiger partial charge is 0.297 e. The smallest absolute Gasteiger partial charge is 0.265 e. The van der Waals surface area contributed by atoms with Crippen LogP contribution in [0.15, 0.2) is 96.0 Å². The average Bonchev–Trinajstić information content (AvgIpc) is 2.96. The van der Waals surface area contributed by atoms with Crippen molar-refractivity contribution in [3.63, 3.8) is 0 Å². The molecule has 3 heteroatoms. The van der Waals surface area contributed by atoms with Crippen molar-refractivity contribution in [2.24, 2.45) is 4.99 Å². The number of amidine groups is 1. The number of nitrogens with zero attached hydrogens (tertiary/aromatic N) is 2. The summed E-state index contributed by atoms with van der Waals surface area (Å²) in [6.07, 6.45) is 0. The van der Waals surface area contributed by atoms with Crippen molar-refractivity contribution < 1.29 is 4.79 Å². The lowest BCUT2D eigenvalue weighted by molar-refractivity contribution is -0.129. The van der Waals surface area contributed by atoms with E-state index in [1.807, 2.05) is 91.0 Å². The van der Waals surface area contributed by atoms with Gasteiger partial charge in [-0.15, -0.1) is 0 Å². The molecule has 0 unspecified atom stereocenters. The highest BCUT2D eigenvalue weighted by Gasteiger charge is 2.49. The number of rotatable bonds is 3. The van der Waals surface area contributed by atoms with Crippen LogP contribution in [0.2, 0.25) is 0 Å². The molecule has 0 bridgehead atoms. The predicted molar refractivity (Wildman–Crippen MR) is 99.4 cm³/mol. The molecule has 0 atom stereocenters. The van der Waals surface area contributed by atoms with Gasteiger partial charge in [-0.25, -0.2) is 4.99 Å². The predicted octanol–water partition coefficient (Wildman–Crippen LogP) is 3.85. The minimum atomic E-state index is -1.04. The third kappa shape index (κ3) is 2.36. The van der Waals surface area contributed by atoms with Crippen LogP contribution in [-0.2, 0) is 10.3 Å². The maximum Gasteiger partial charge on any atom is 0.265 e. The molecule has 3 aromatic carbocycles. The second kappa shape index (κ2) is 6.02. The van der Waals surface area contributed by atoms with Gasteiger partial charge in [-0.3, -0.25) is 9.69 Å². The maximum atomic E-state index is 13.4. The van der Waals surface area contributed by atoms with Gasteiger partial charge in [0, 0.05) is 12.6 Å². The van der Waals surface area contributed by atoms with Gasteiger partial charge in [-0.1, -0.05) is 91.0 Å². The maximum absolute atomic E-state index is 13.4. The lowest BCUT2D eigenvalue weighted by atomic mass is 9.83. The van der Waals surface area contributed by atoms with Crippen LogP contribution in [0.25, 0.3) is 0 Å². The molecule has 122 valence electrons. The van der Waals surface area contributed by atoms with Gasteiger partial charge < -0.3 is 0 Å². The van der Waals surface area contributed by atoms with Crippen molar-refractivity contribution in [2.75, 3.05) is 7.05 Å². The number of hydrogen-bond donors (Lipinski definition) is 0. The molecule has 0 radical (unpaired) electrons. The van der Waals surface area contributed by atoms with Gasteiger partial charge in [0.15, 0.2) is 5.54 Å². The Hall–Kier alpha value is -3.20. The van der Waals surface area contributed by atoms with Crippen LogP contribution in [0.4, 0.5) is 0 Å². The molecule has 3 aromatic rings. The second-order valence-electron chi connectivity index (χ2n) is 6.11. The molecule has 4 rings (SSSR count). The first-order valence-electron chi connectivity index (χ1n) is 8.28. The fourth-order valence-corrected chi connectivity index (χ4v) is 3.37. The van der Waals surface area contributed by atoms with E-state index >= 15 is 0 Å². The SMILES string of the molecule is CN1C(=O)C(c2ccccc2)(c2ccccc2)N=C1c1ccccc1. The molecule has 0 fully saturated rings. The standard InChI is InChI=1S/C22H18N2O/c1-24-20(17-11-5-2-6-12-17)23-22(21(24)25,18-13-7-3-8-14-18)19-15-9-4-10-16-19/h2-16H,1H3. The zero-order valence-electron chi connectivity index (χ0n) is 14.0. The van der Waals surface area contributed by atoms with Crippen molar-refractivity contribution in [3.05, 3.63) is 108 Å². The summed E-state index contributed by atoms with van der Waals surface area (Å²) >= 11 is 0. The third-order valence-corrected chi connectivity index (χ3v) is 4.62. The van der Waals surface area contributed by atoms with E-state index in [4.69, 9.17) is 4.99 Å². The van der Waals surface area contributed by atoms with E-state index in [0.29, 0.717) is 5.84 Å². The minimum absolute atomic E-state index is 0.0382. The third-order valence-electron chi connectivity index (χ3n) is 4.62. The lowest BCUT2D eigenvalue weighted by Crippen LogP contribution is -2.39. The zero-order chi connectivity index (χ0) is 17.3. The number of aliphatic imine (C=N–C) groups is 1. The number of amides is 1. The molecule has 0 spiro atoms. The molecule has 1 amide bonds. The van der Waals surface area contributed by atoms with Crippen LogP contribution < -0.4 is 0 Å². The van der Waals surface area contributed by atoms with Gasteiger partial charge in [-0.05, 0) is 11.1 Å². The van der Waals surface area contributed by atoms with Gasteiger partial charge >= 0.3 is 0 Å². The highest BCUT2D eigenvalue weighted by Crippen LogP contribution is 2.40. The van der Waals surface area contributed by atoms with Crippen molar-refractivity contribution >= 4 is 11.7 Å². The number of carbonyl (C=O) groups is 1. The lowest BCUT2D eigenvalue weighted by Gasteiger charge is -2.26. The highest BCUT2D eigenvalue weighted by molar-refractivity contribution is 6.16. The molecule has 0 saturated carbocycles. The molecule has 1 aliphatic heterocycles. The summed E-state index contributed by atoms with van der Waals surface area (Å²) in [7, 11) is 1.79. The Morgan fingerprint density at radius 1 is 0.720 bits per heavy atom. The van der Waals surface area contributed by atoms with Crippen LogP contribution in [-0.4, -0.2) is 23.7 Å². The quantitative estimate of drug-likeness (QED) is 0.719. The minimum Gasteiger partial charge on any atom is -0.297 e. The van der Waals surface area contributed by atoms with Gasteiger partial charge in [0.2, 0.25) is 0 Å². The van der Waals surface area contributed by atoms with E-state index in [-0.39, 0.29) is 5.91 Å². The highest BCUT2D eigenvalue weighted by atomic mass is 16.2. The molecule has 1 aliphatic rings. The van der Waals surface area contributed by atoms with Gasteiger partial charge in [0.05, 0.1) is 0 Å². The van der Waals surface area contributed by atoms with E-state index in [1.165, 1.54) is 0 Å². The number of benzene rings is 3. The first kappa shape index (κ1) is 15.3. The second-order valence-corrected chi connectivity index (χ2v) is 6.11. The molecule has 0 N–H and O–H groups in total. The number of likely N-dealkylation sites (N-methyl/N-ethyl adjacent to an activating group) is 1. The Labute approximate surface area is 147 Å². The van der Waals surface area contributed by atoms with Crippen molar-refractivity contribution in [3.8, 4) is 0 Å². The summed E-state index contributed by atoms with van der Waals surface area (Å²) in [5.41, 5.74) is 1.66. The van der Waals surface area contributed by atoms with E-state index in [0.717, 1.165) is 16.7 Å². The van der Waals surface area contributed by atoms with E-state index in [2.05, 4.69) is 0 Å². The number of carbonyl (C=O) groups excluding carboxylic acids is 1. The Kier molecular flexibility index (Phi) is 3.69. The van der Waals surface area contributed by atoms with Crippen LogP contribution in [0.3, 0.4) is 0 Å². The fraction of sp³-hybridized carbons (Fsp3) is 0.0909. The van der Waals surface area contributed by atoms with E-state index < -0.39 is 5.54 Å². The normalized spacial score (nSPS) is 16.0.